The quantitative estimate of drug-likeness (QED) is 0.772. The summed E-state index contributed by atoms with van der Waals surface area (Å²) >= 11 is 0. The number of nitrogens with one attached hydrogen (secondary N) is 1. The first-order chi connectivity index (χ1) is 12.6. The van der Waals surface area contributed by atoms with Crippen LogP contribution in [0.1, 0.15) is 70.7 Å². The zero-order valence-electron chi connectivity index (χ0n) is 15.7. The zero-order valence-corrected chi connectivity index (χ0v) is 15.7. The first-order valence-electron chi connectivity index (χ1n) is 9.78. The van der Waals surface area contributed by atoms with E-state index >= 15 is 0 Å². The number of H-pyrrole nitrogens is 1. The normalized spacial score (nSPS) is 21.5. The summed E-state index contributed by atoms with van der Waals surface area (Å²) in [5.74, 6) is 0.971. The first-order valence-corrected chi connectivity index (χ1v) is 9.78. The van der Waals surface area contributed by atoms with E-state index in [4.69, 9.17) is 4.74 Å². The number of para-hydroxylation sites is 1. The minimum atomic E-state index is -0.558. The lowest BCUT2D eigenvalue weighted by Gasteiger charge is -2.28. The third kappa shape index (κ3) is 4.32. The highest BCUT2D eigenvalue weighted by Gasteiger charge is 2.28. The van der Waals surface area contributed by atoms with Crippen molar-refractivity contribution in [2.75, 3.05) is 0 Å². The first kappa shape index (κ1) is 18.6. The molecule has 1 aromatic heterocycles. The summed E-state index contributed by atoms with van der Waals surface area (Å²) in [5.41, 5.74) is 0.413. The van der Waals surface area contributed by atoms with Crippen LogP contribution in [0.25, 0.3) is 10.9 Å². The van der Waals surface area contributed by atoms with E-state index in [1.165, 1.54) is 19.3 Å². The average Bonchev–Trinajstić information content (AvgIpc) is 2.66. The molecule has 5 nitrogen and oxygen atoms in total. The van der Waals surface area contributed by atoms with Gasteiger partial charge in [0, 0.05) is 0 Å². The minimum absolute atomic E-state index is 0.0255. The van der Waals surface area contributed by atoms with Crippen LogP contribution in [-0.4, -0.2) is 15.9 Å². The molecule has 1 N–H and O–H groups in total. The Hall–Kier alpha value is -2.17. The summed E-state index contributed by atoms with van der Waals surface area (Å²) in [7, 11) is 0. The van der Waals surface area contributed by atoms with Gasteiger partial charge in [0.25, 0.3) is 5.56 Å². The van der Waals surface area contributed by atoms with E-state index in [1.54, 1.807) is 25.1 Å². The van der Waals surface area contributed by atoms with Gasteiger partial charge in [0.15, 0.2) is 11.9 Å². The number of benzene rings is 1. The molecule has 0 radical (unpaired) electrons. The van der Waals surface area contributed by atoms with Crippen molar-refractivity contribution >= 4 is 16.9 Å². The smallest absolute Gasteiger partial charge is 0.309 e. The number of nitrogens with zero attached hydrogens (tertiary/aromatic N) is 1. The largest absolute Gasteiger partial charge is 0.454 e. The molecule has 0 aliphatic heterocycles. The van der Waals surface area contributed by atoms with E-state index in [0.29, 0.717) is 16.7 Å². The molecule has 2 aromatic rings. The number of hydrogen-bond acceptors (Lipinski definition) is 4. The molecule has 1 atom stereocenters. The van der Waals surface area contributed by atoms with Crippen LogP contribution in [0.5, 0.6) is 0 Å². The van der Waals surface area contributed by atoms with Crippen LogP contribution in [-0.2, 0) is 9.53 Å². The number of ether oxygens (including phenoxy) is 1. The monoisotopic (exact) mass is 356 g/mol. The highest BCUT2D eigenvalue weighted by Crippen LogP contribution is 2.33. The van der Waals surface area contributed by atoms with Crippen molar-refractivity contribution in [1.29, 1.82) is 0 Å². The Morgan fingerprint density at radius 3 is 2.73 bits per heavy atom. The van der Waals surface area contributed by atoms with Crippen LogP contribution in [0.15, 0.2) is 29.1 Å². The Kier molecular flexibility index (Phi) is 6.07. The van der Waals surface area contributed by atoms with E-state index in [-0.39, 0.29) is 17.4 Å². The lowest BCUT2D eigenvalue weighted by Crippen LogP contribution is -2.25. The number of esters is 1. The molecule has 0 unspecified atom stereocenters. The van der Waals surface area contributed by atoms with Gasteiger partial charge in [-0.1, -0.05) is 38.3 Å². The zero-order chi connectivity index (χ0) is 18.5. The SMILES string of the molecule is CCCCC1CCC(C(=O)O[C@H](C)c2nc3ccccc3c(=O)[nH]2)CC1. The van der Waals surface area contributed by atoms with Gasteiger partial charge in [0.2, 0.25) is 0 Å². The molecule has 1 saturated carbocycles. The third-order valence-electron chi connectivity index (χ3n) is 5.46. The van der Waals surface area contributed by atoms with Gasteiger partial charge >= 0.3 is 5.97 Å². The molecule has 26 heavy (non-hydrogen) atoms. The number of aromatic nitrogens is 2. The molecule has 0 saturated heterocycles. The molecule has 3 rings (SSSR count). The molecule has 1 fully saturated rings. The van der Waals surface area contributed by atoms with E-state index in [9.17, 15) is 9.59 Å². The fourth-order valence-electron chi connectivity index (χ4n) is 3.80. The van der Waals surface area contributed by atoms with Gasteiger partial charge in [-0.3, -0.25) is 9.59 Å². The van der Waals surface area contributed by atoms with E-state index in [0.717, 1.165) is 31.6 Å². The molecule has 0 spiro atoms. The number of fused-ring (bicyclic) bond motifs is 1. The highest BCUT2D eigenvalue weighted by molar-refractivity contribution is 5.77. The second kappa shape index (κ2) is 8.47. The molecule has 140 valence electrons. The highest BCUT2D eigenvalue weighted by atomic mass is 16.5. The maximum Gasteiger partial charge on any atom is 0.309 e. The summed E-state index contributed by atoms with van der Waals surface area (Å²) in [6.07, 6.45) is 7.25. The van der Waals surface area contributed by atoms with Crippen molar-refractivity contribution in [1.82, 2.24) is 9.97 Å². The van der Waals surface area contributed by atoms with Gasteiger partial charge in [0.1, 0.15) is 0 Å². The van der Waals surface area contributed by atoms with Crippen molar-refractivity contribution in [3.63, 3.8) is 0 Å². The predicted octanol–water partition coefficient (Wildman–Crippen LogP) is 4.52. The number of rotatable bonds is 6. The van der Waals surface area contributed by atoms with Crippen molar-refractivity contribution < 1.29 is 9.53 Å². The van der Waals surface area contributed by atoms with Gasteiger partial charge < -0.3 is 9.72 Å². The average molecular weight is 356 g/mol. The number of carbonyl (C=O) groups excluding carboxylic acids is 1. The molecule has 0 bridgehead atoms. The van der Waals surface area contributed by atoms with Gasteiger partial charge in [0.05, 0.1) is 16.8 Å². The van der Waals surface area contributed by atoms with Crippen LogP contribution < -0.4 is 5.56 Å². The molecule has 1 heterocycles. The van der Waals surface area contributed by atoms with Crippen LogP contribution in [0.3, 0.4) is 0 Å². The topological polar surface area (TPSA) is 72.0 Å². The number of hydrogen-bond donors (Lipinski definition) is 1. The minimum Gasteiger partial charge on any atom is -0.454 e. The van der Waals surface area contributed by atoms with E-state index < -0.39 is 6.10 Å². The van der Waals surface area contributed by atoms with Gasteiger partial charge in [-0.25, -0.2) is 4.98 Å². The molecule has 1 aromatic carbocycles. The summed E-state index contributed by atoms with van der Waals surface area (Å²) in [5, 5.41) is 0.542. The van der Waals surface area contributed by atoms with E-state index in [2.05, 4.69) is 16.9 Å². The molecule has 0 amide bonds. The Morgan fingerprint density at radius 1 is 1.27 bits per heavy atom. The second-order valence-electron chi connectivity index (χ2n) is 7.41. The predicted molar refractivity (Wildman–Crippen MR) is 102 cm³/mol. The Balaban J connectivity index is 1.60. The second-order valence-corrected chi connectivity index (χ2v) is 7.41. The number of carbonyl (C=O) groups is 1. The van der Waals surface area contributed by atoms with Gasteiger partial charge in [-0.2, -0.15) is 0 Å². The lowest BCUT2D eigenvalue weighted by atomic mass is 9.80. The summed E-state index contributed by atoms with van der Waals surface area (Å²) < 4.78 is 5.62. The number of aromatic amines is 1. The van der Waals surface area contributed by atoms with Crippen LogP contribution >= 0.6 is 0 Å². The Bertz CT molecular complexity index is 806. The van der Waals surface area contributed by atoms with Gasteiger partial charge in [-0.15, -0.1) is 0 Å². The maximum atomic E-state index is 12.5. The van der Waals surface area contributed by atoms with Crippen LogP contribution in [0, 0.1) is 11.8 Å². The van der Waals surface area contributed by atoms with Crippen molar-refractivity contribution in [3.8, 4) is 0 Å². The van der Waals surface area contributed by atoms with Crippen LogP contribution in [0.2, 0.25) is 0 Å². The molecule has 5 heteroatoms. The molecule has 1 aliphatic carbocycles. The van der Waals surface area contributed by atoms with Gasteiger partial charge in [-0.05, 0) is 50.7 Å². The summed E-state index contributed by atoms with van der Waals surface area (Å²) in [6.45, 7) is 3.98. The van der Waals surface area contributed by atoms with Crippen molar-refractivity contribution in [2.24, 2.45) is 11.8 Å². The van der Waals surface area contributed by atoms with Crippen molar-refractivity contribution in [3.05, 3.63) is 40.4 Å². The summed E-state index contributed by atoms with van der Waals surface area (Å²) in [4.78, 5) is 31.9. The lowest BCUT2D eigenvalue weighted by molar-refractivity contribution is -0.155. The van der Waals surface area contributed by atoms with E-state index in [1.807, 2.05) is 6.07 Å². The number of unbranched alkanes of at least 4 members (excludes halogenated alkanes) is 1. The molecular weight excluding hydrogens is 328 g/mol. The van der Waals surface area contributed by atoms with Crippen LogP contribution in [0.4, 0.5) is 0 Å². The maximum absolute atomic E-state index is 12.5. The summed E-state index contributed by atoms with van der Waals surface area (Å²) in [6, 6.07) is 7.17. The Labute approximate surface area is 154 Å². The molecular formula is C21H28N2O3. The van der Waals surface area contributed by atoms with Crippen molar-refractivity contribution in [2.45, 2.75) is 64.9 Å². The Morgan fingerprint density at radius 2 is 2.00 bits per heavy atom. The standard InChI is InChI=1S/C21H28N2O3/c1-3-4-7-15-10-12-16(13-11-15)21(25)26-14(2)19-22-18-9-6-5-8-17(18)20(24)23-19/h5-6,8-9,14-16H,3-4,7,10-13H2,1-2H3,(H,22,23,24)/t14-,15?,16?/m1/s1. The fraction of sp³-hybridized carbons (Fsp3) is 0.571. The fourth-order valence-corrected chi connectivity index (χ4v) is 3.80. The third-order valence-corrected chi connectivity index (χ3v) is 5.46. The molecule has 1 aliphatic rings.